The molecule has 3 aromatic carbocycles. The standard InChI is InChI=1S/C27H20FN3O2S/c1-17-8-11-20(28)15-22(17)25(32)30-21-12-9-18(10-13-21)27(33)31-16-19-5-4-14-29-26(19)34-24-7-3-2-6-23(24)31/h2-15H,16H2,1H3,(H,30,32). The lowest BCUT2D eigenvalue weighted by molar-refractivity contribution is 0.0983. The third kappa shape index (κ3) is 4.30. The Labute approximate surface area is 200 Å². The number of carbonyl (C=O) groups is 2. The number of para-hydroxylation sites is 1. The normalized spacial score (nSPS) is 12.4. The second-order valence-corrected chi connectivity index (χ2v) is 8.95. The van der Waals surface area contributed by atoms with Crippen molar-refractivity contribution in [2.75, 3.05) is 10.2 Å². The molecule has 1 aliphatic rings. The number of anilines is 2. The van der Waals surface area contributed by atoms with Crippen LogP contribution in [0.4, 0.5) is 15.8 Å². The summed E-state index contributed by atoms with van der Waals surface area (Å²) in [5, 5.41) is 3.65. The molecule has 5 nitrogen and oxygen atoms in total. The maximum atomic E-state index is 13.6. The predicted molar refractivity (Wildman–Crippen MR) is 131 cm³/mol. The summed E-state index contributed by atoms with van der Waals surface area (Å²) in [5.74, 6) is -1.02. The fourth-order valence-electron chi connectivity index (χ4n) is 3.83. The minimum atomic E-state index is -0.468. The third-order valence-corrected chi connectivity index (χ3v) is 6.75. The zero-order valence-corrected chi connectivity index (χ0v) is 19.1. The maximum Gasteiger partial charge on any atom is 0.258 e. The smallest absolute Gasteiger partial charge is 0.258 e. The van der Waals surface area contributed by atoms with Crippen LogP contribution in [0.1, 0.15) is 31.8 Å². The SMILES string of the molecule is Cc1ccc(F)cc1C(=O)Nc1ccc(C(=O)N2Cc3cccnc3Sc3ccccc32)cc1. The van der Waals surface area contributed by atoms with Gasteiger partial charge in [0.1, 0.15) is 10.8 Å². The van der Waals surface area contributed by atoms with E-state index in [9.17, 15) is 14.0 Å². The Hall–Kier alpha value is -3.97. The Balaban J connectivity index is 1.40. The highest BCUT2D eigenvalue weighted by molar-refractivity contribution is 7.99. The van der Waals surface area contributed by atoms with Crippen molar-refractivity contribution in [1.82, 2.24) is 4.98 Å². The van der Waals surface area contributed by atoms with Gasteiger partial charge in [-0.05, 0) is 67.1 Å². The number of nitrogens with zero attached hydrogens (tertiary/aromatic N) is 2. The second-order valence-electron chi connectivity index (χ2n) is 7.92. The molecule has 4 aromatic rings. The van der Waals surface area contributed by atoms with Crippen molar-refractivity contribution in [3.63, 3.8) is 0 Å². The minimum absolute atomic E-state index is 0.149. The number of fused-ring (bicyclic) bond motifs is 2. The van der Waals surface area contributed by atoms with E-state index in [4.69, 9.17) is 0 Å². The van der Waals surface area contributed by atoms with Crippen LogP contribution in [-0.4, -0.2) is 16.8 Å². The summed E-state index contributed by atoms with van der Waals surface area (Å²) in [5.41, 5.74) is 3.77. The molecule has 2 amide bonds. The van der Waals surface area contributed by atoms with Crippen LogP contribution in [0.5, 0.6) is 0 Å². The van der Waals surface area contributed by atoms with Crippen LogP contribution in [0.2, 0.25) is 0 Å². The van der Waals surface area contributed by atoms with Gasteiger partial charge in [0.2, 0.25) is 0 Å². The van der Waals surface area contributed by atoms with Gasteiger partial charge in [0.25, 0.3) is 11.8 Å². The van der Waals surface area contributed by atoms with Gasteiger partial charge in [0.15, 0.2) is 0 Å². The fourth-order valence-corrected chi connectivity index (χ4v) is 4.85. The molecular formula is C27H20FN3O2S. The first-order valence-corrected chi connectivity index (χ1v) is 11.5. The Kier molecular flexibility index (Phi) is 5.86. The second kappa shape index (κ2) is 9.11. The largest absolute Gasteiger partial charge is 0.322 e. The molecule has 0 saturated heterocycles. The van der Waals surface area contributed by atoms with E-state index in [0.29, 0.717) is 23.4 Å². The average molecular weight is 470 g/mol. The quantitative estimate of drug-likeness (QED) is 0.394. The summed E-state index contributed by atoms with van der Waals surface area (Å²) in [7, 11) is 0. The number of benzene rings is 3. The lowest BCUT2D eigenvalue weighted by Crippen LogP contribution is -2.30. The van der Waals surface area contributed by atoms with Gasteiger partial charge in [-0.1, -0.05) is 36.0 Å². The van der Waals surface area contributed by atoms with E-state index in [1.54, 1.807) is 60.1 Å². The van der Waals surface area contributed by atoms with Gasteiger partial charge in [-0.25, -0.2) is 9.37 Å². The summed E-state index contributed by atoms with van der Waals surface area (Å²) in [4.78, 5) is 33.3. The summed E-state index contributed by atoms with van der Waals surface area (Å²) in [6.07, 6.45) is 1.75. The van der Waals surface area contributed by atoms with Gasteiger partial charge in [-0.3, -0.25) is 9.59 Å². The van der Waals surface area contributed by atoms with E-state index in [1.807, 2.05) is 36.4 Å². The lowest BCUT2D eigenvalue weighted by Gasteiger charge is -2.23. The monoisotopic (exact) mass is 469 g/mol. The molecule has 34 heavy (non-hydrogen) atoms. The lowest BCUT2D eigenvalue weighted by atomic mass is 10.1. The van der Waals surface area contributed by atoms with Crippen LogP contribution in [0.3, 0.4) is 0 Å². The number of hydrogen-bond acceptors (Lipinski definition) is 4. The number of hydrogen-bond donors (Lipinski definition) is 1. The molecule has 5 rings (SSSR count). The van der Waals surface area contributed by atoms with E-state index in [1.165, 1.54) is 12.1 Å². The maximum absolute atomic E-state index is 13.6. The number of rotatable bonds is 3. The first kappa shape index (κ1) is 21.9. The van der Waals surface area contributed by atoms with Gasteiger partial charge in [0, 0.05) is 33.5 Å². The van der Waals surface area contributed by atoms with Crippen LogP contribution in [0.25, 0.3) is 0 Å². The van der Waals surface area contributed by atoms with E-state index in [2.05, 4.69) is 10.3 Å². The summed E-state index contributed by atoms with van der Waals surface area (Å²) >= 11 is 1.55. The van der Waals surface area contributed by atoms with Crippen molar-refractivity contribution in [2.45, 2.75) is 23.4 Å². The Morgan fingerprint density at radius 1 is 1.00 bits per heavy atom. The summed E-state index contributed by atoms with van der Waals surface area (Å²) in [6, 6.07) is 22.4. The molecule has 0 saturated carbocycles. The highest BCUT2D eigenvalue weighted by Crippen LogP contribution is 2.40. The third-order valence-electron chi connectivity index (χ3n) is 5.62. The first-order valence-electron chi connectivity index (χ1n) is 10.7. The zero-order chi connectivity index (χ0) is 23.7. The van der Waals surface area contributed by atoms with E-state index in [-0.39, 0.29) is 11.5 Å². The van der Waals surface area contributed by atoms with Crippen molar-refractivity contribution in [1.29, 1.82) is 0 Å². The van der Waals surface area contributed by atoms with Crippen LogP contribution in [0, 0.1) is 12.7 Å². The Morgan fingerprint density at radius 3 is 2.62 bits per heavy atom. The predicted octanol–water partition coefficient (Wildman–Crippen LogP) is 6.09. The van der Waals surface area contributed by atoms with E-state index in [0.717, 1.165) is 21.2 Å². The summed E-state index contributed by atoms with van der Waals surface area (Å²) < 4.78 is 13.6. The van der Waals surface area contributed by atoms with Crippen molar-refractivity contribution < 1.29 is 14.0 Å². The fraction of sp³-hybridized carbons (Fsp3) is 0.0741. The van der Waals surface area contributed by atoms with Gasteiger partial charge in [-0.15, -0.1) is 0 Å². The molecular weight excluding hydrogens is 449 g/mol. The van der Waals surface area contributed by atoms with Crippen LogP contribution >= 0.6 is 11.8 Å². The molecule has 168 valence electrons. The van der Waals surface area contributed by atoms with Crippen molar-refractivity contribution in [3.8, 4) is 0 Å². The molecule has 0 fully saturated rings. The molecule has 2 heterocycles. The molecule has 0 unspecified atom stereocenters. The molecule has 0 atom stereocenters. The van der Waals surface area contributed by atoms with E-state index >= 15 is 0 Å². The Bertz CT molecular complexity index is 1410. The highest BCUT2D eigenvalue weighted by atomic mass is 32.2. The van der Waals surface area contributed by atoms with Gasteiger partial charge < -0.3 is 10.2 Å². The highest BCUT2D eigenvalue weighted by Gasteiger charge is 2.26. The van der Waals surface area contributed by atoms with E-state index < -0.39 is 11.7 Å². The molecule has 7 heteroatoms. The number of nitrogens with one attached hydrogen (secondary N) is 1. The Morgan fingerprint density at radius 2 is 1.79 bits per heavy atom. The molecule has 0 aliphatic carbocycles. The molecule has 1 N–H and O–H groups in total. The number of carbonyl (C=O) groups excluding carboxylic acids is 2. The van der Waals surface area contributed by atoms with Crippen molar-refractivity contribution in [3.05, 3.63) is 113 Å². The van der Waals surface area contributed by atoms with Gasteiger partial charge in [-0.2, -0.15) is 0 Å². The minimum Gasteiger partial charge on any atom is -0.322 e. The average Bonchev–Trinajstić information content (AvgIpc) is 3.02. The molecule has 0 radical (unpaired) electrons. The first-order chi connectivity index (χ1) is 16.5. The van der Waals surface area contributed by atoms with Gasteiger partial charge >= 0.3 is 0 Å². The number of halogens is 1. The van der Waals surface area contributed by atoms with Crippen molar-refractivity contribution in [2.24, 2.45) is 0 Å². The number of aryl methyl sites for hydroxylation is 1. The topological polar surface area (TPSA) is 62.3 Å². The number of amides is 2. The van der Waals surface area contributed by atoms with Crippen LogP contribution < -0.4 is 10.2 Å². The molecule has 0 bridgehead atoms. The molecule has 1 aliphatic heterocycles. The summed E-state index contributed by atoms with van der Waals surface area (Å²) in [6.45, 7) is 2.16. The van der Waals surface area contributed by atoms with Crippen LogP contribution in [-0.2, 0) is 6.54 Å². The zero-order valence-electron chi connectivity index (χ0n) is 18.3. The molecule has 0 spiro atoms. The molecule has 1 aromatic heterocycles. The number of aromatic nitrogens is 1. The number of pyridine rings is 1. The van der Waals surface area contributed by atoms with Gasteiger partial charge in [0.05, 0.1) is 12.2 Å². The van der Waals surface area contributed by atoms with Crippen LogP contribution in [0.15, 0.2) is 95.0 Å². The van der Waals surface area contributed by atoms with Crippen molar-refractivity contribution >= 4 is 35.0 Å².